The van der Waals surface area contributed by atoms with Gasteiger partial charge >= 0.3 is 0 Å². The molecule has 0 spiro atoms. The Kier molecular flexibility index (Phi) is 5.18. The number of anilines is 1. The van der Waals surface area contributed by atoms with Gasteiger partial charge in [0.1, 0.15) is 5.82 Å². The maximum atomic E-state index is 13.1. The molecule has 21 heavy (non-hydrogen) atoms. The molecule has 0 bridgehead atoms. The first-order valence-corrected chi connectivity index (χ1v) is 8.67. The highest BCUT2D eigenvalue weighted by Crippen LogP contribution is 2.19. The number of likely N-dealkylation sites (tertiary alicyclic amines) is 1. The van der Waals surface area contributed by atoms with Gasteiger partial charge < -0.3 is 10.6 Å². The van der Waals surface area contributed by atoms with E-state index in [0.717, 1.165) is 44.6 Å². The van der Waals surface area contributed by atoms with Gasteiger partial charge in [-0.15, -0.1) is 0 Å². The average Bonchev–Trinajstić information content (AvgIpc) is 2.48. The third-order valence-electron chi connectivity index (χ3n) is 3.99. The SMILES string of the molecule is CCN1CCC(CNS(=O)(=O)c2ccc(F)c(N)c2)CC1. The highest BCUT2D eigenvalue weighted by Gasteiger charge is 2.21. The molecule has 0 saturated carbocycles. The summed E-state index contributed by atoms with van der Waals surface area (Å²) >= 11 is 0. The van der Waals surface area contributed by atoms with Crippen molar-refractivity contribution in [1.82, 2.24) is 9.62 Å². The first kappa shape index (κ1) is 16.2. The van der Waals surface area contributed by atoms with Crippen LogP contribution in [0.3, 0.4) is 0 Å². The predicted octanol–water partition coefficient (Wildman–Crippen LogP) is 1.42. The third-order valence-corrected chi connectivity index (χ3v) is 5.42. The van der Waals surface area contributed by atoms with Crippen LogP contribution in [0.1, 0.15) is 19.8 Å². The van der Waals surface area contributed by atoms with Gasteiger partial charge in [-0.25, -0.2) is 17.5 Å². The fourth-order valence-corrected chi connectivity index (χ4v) is 3.66. The van der Waals surface area contributed by atoms with E-state index in [1.807, 2.05) is 0 Å². The number of hydrogen-bond donors (Lipinski definition) is 2. The standard InChI is InChI=1S/C14H22FN3O2S/c1-2-18-7-5-11(6-8-18)10-17-21(19,20)12-3-4-13(15)14(16)9-12/h3-4,9,11,17H,2,5-8,10,16H2,1H3. The van der Waals surface area contributed by atoms with Gasteiger partial charge in [-0.2, -0.15) is 0 Å². The van der Waals surface area contributed by atoms with Crippen LogP contribution in [0.2, 0.25) is 0 Å². The van der Waals surface area contributed by atoms with Crippen LogP contribution in [0.4, 0.5) is 10.1 Å². The van der Waals surface area contributed by atoms with Crippen LogP contribution in [0, 0.1) is 11.7 Å². The molecule has 7 heteroatoms. The van der Waals surface area contributed by atoms with Gasteiger partial charge in [0.05, 0.1) is 10.6 Å². The number of nitrogens with one attached hydrogen (secondary N) is 1. The average molecular weight is 315 g/mol. The zero-order valence-corrected chi connectivity index (χ0v) is 13.0. The Hall–Kier alpha value is -1.18. The Labute approximate surface area is 125 Å². The topological polar surface area (TPSA) is 75.4 Å². The summed E-state index contributed by atoms with van der Waals surface area (Å²) < 4.78 is 40.0. The molecule has 0 atom stereocenters. The van der Waals surface area contributed by atoms with Gasteiger partial charge in [0, 0.05) is 6.54 Å². The number of sulfonamides is 1. The molecule has 0 amide bonds. The first-order valence-electron chi connectivity index (χ1n) is 7.19. The monoisotopic (exact) mass is 315 g/mol. The summed E-state index contributed by atoms with van der Waals surface area (Å²) in [6.07, 6.45) is 1.98. The lowest BCUT2D eigenvalue weighted by Gasteiger charge is -2.30. The normalized spacial score (nSPS) is 18.0. The molecule has 1 aromatic rings. The van der Waals surface area contributed by atoms with Crippen LogP contribution < -0.4 is 10.5 Å². The molecule has 0 aliphatic carbocycles. The van der Waals surface area contributed by atoms with Crippen molar-refractivity contribution in [3.8, 4) is 0 Å². The second-order valence-electron chi connectivity index (χ2n) is 5.41. The molecule has 5 nitrogen and oxygen atoms in total. The summed E-state index contributed by atoms with van der Waals surface area (Å²) in [7, 11) is -3.63. The Morgan fingerprint density at radius 3 is 2.62 bits per heavy atom. The molecular formula is C14H22FN3O2S. The number of halogens is 1. The second kappa shape index (κ2) is 6.72. The summed E-state index contributed by atoms with van der Waals surface area (Å²) in [6, 6.07) is 3.45. The highest BCUT2D eigenvalue weighted by molar-refractivity contribution is 7.89. The van der Waals surface area contributed by atoms with Gasteiger partial charge in [0.2, 0.25) is 10.0 Å². The van der Waals surface area contributed by atoms with E-state index < -0.39 is 15.8 Å². The van der Waals surface area contributed by atoms with Gasteiger partial charge in [-0.3, -0.25) is 0 Å². The van der Waals surface area contributed by atoms with Crippen molar-refractivity contribution in [3.63, 3.8) is 0 Å². The van der Waals surface area contributed by atoms with Gasteiger partial charge in [0.15, 0.2) is 0 Å². The molecule has 1 heterocycles. The largest absolute Gasteiger partial charge is 0.396 e. The molecule has 0 aromatic heterocycles. The lowest BCUT2D eigenvalue weighted by Crippen LogP contribution is -2.38. The van der Waals surface area contributed by atoms with Crippen molar-refractivity contribution in [2.24, 2.45) is 5.92 Å². The Bertz CT molecular complexity index is 584. The molecule has 1 aliphatic rings. The van der Waals surface area contributed by atoms with E-state index in [0.29, 0.717) is 12.5 Å². The van der Waals surface area contributed by atoms with Crippen LogP contribution in [-0.2, 0) is 10.0 Å². The molecular weight excluding hydrogens is 293 g/mol. The number of piperidine rings is 1. The van der Waals surface area contributed by atoms with Crippen molar-refractivity contribution in [1.29, 1.82) is 0 Å². The Morgan fingerprint density at radius 1 is 1.38 bits per heavy atom. The van der Waals surface area contributed by atoms with Crippen LogP contribution in [0.5, 0.6) is 0 Å². The van der Waals surface area contributed by atoms with Crippen molar-refractivity contribution in [2.45, 2.75) is 24.7 Å². The van der Waals surface area contributed by atoms with Crippen molar-refractivity contribution < 1.29 is 12.8 Å². The minimum absolute atomic E-state index is 0.00685. The zero-order chi connectivity index (χ0) is 15.5. The van der Waals surface area contributed by atoms with E-state index in [4.69, 9.17) is 5.73 Å². The summed E-state index contributed by atoms with van der Waals surface area (Å²) in [4.78, 5) is 2.36. The van der Waals surface area contributed by atoms with E-state index in [1.54, 1.807) is 0 Å². The highest BCUT2D eigenvalue weighted by atomic mass is 32.2. The number of nitrogens with two attached hydrogens (primary N) is 1. The molecule has 0 radical (unpaired) electrons. The van der Waals surface area contributed by atoms with E-state index >= 15 is 0 Å². The lowest BCUT2D eigenvalue weighted by molar-refractivity contribution is 0.194. The summed E-state index contributed by atoms with van der Waals surface area (Å²) in [5.41, 5.74) is 5.26. The Balaban J connectivity index is 1.94. The van der Waals surface area contributed by atoms with Crippen LogP contribution in [0.25, 0.3) is 0 Å². The van der Waals surface area contributed by atoms with E-state index in [9.17, 15) is 12.8 Å². The summed E-state index contributed by atoms with van der Waals surface area (Å²) in [5, 5.41) is 0. The van der Waals surface area contributed by atoms with Crippen LogP contribution in [0.15, 0.2) is 23.1 Å². The maximum absolute atomic E-state index is 13.1. The van der Waals surface area contributed by atoms with Crippen LogP contribution >= 0.6 is 0 Å². The molecule has 3 N–H and O–H groups in total. The van der Waals surface area contributed by atoms with E-state index in [2.05, 4.69) is 16.5 Å². The number of benzene rings is 1. The number of rotatable bonds is 5. The smallest absolute Gasteiger partial charge is 0.240 e. The number of nitrogen functional groups attached to an aromatic ring is 1. The quantitative estimate of drug-likeness (QED) is 0.806. The van der Waals surface area contributed by atoms with Gasteiger partial charge in [-0.1, -0.05) is 6.92 Å². The first-order chi connectivity index (χ1) is 9.92. The molecule has 2 rings (SSSR count). The summed E-state index contributed by atoms with van der Waals surface area (Å²) in [5.74, 6) is -0.263. The fraction of sp³-hybridized carbons (Fsp3) is 0.571. The minimum atomic E-state index is -3.63. The van der Waals surface area contributed by atoms with Gasteiger partial charge in [0.25, 0.3) is 0 Å². The lowest BCUT2D eigenvalue weighted by atomic mass is 9.97. The molecule has 1 aromatic carbocycles. The summed E-state index contributed by atoms with van der Waals surface area (Å²) in [6.45, 7) is 5.59. The van der Waals surface area contributed by atoms with E-state index in [1.165, 1.54) is 6.07 Å². The predicted molar refractivity (Wildman–Crippen MR) is 80.8 cm³/mol. The zero-order valence-electron chi connectivity index (χ0n) is 12.2. The van der Waals surface area contributed by atoms with Crippen molar-refractivity contribution in [2.75, 3.05) is 31.9 Å². The second-order valence-corrected chi connectivity index (χ2v) is 7.18. The number of nitrogens with zero attached hydrogens (tertiary/aromatic N) is 1. The van der Waals surface area contributed by atoms with Crippen LogP contribution in [-0.4, -0.2) is 39.5 Å². The molecule has 1 fully saturated rings. The molecule has 1 saturated heterocycles. The van der Waals surface area contributed by atoms with Crippen molar-refractivity contribution >= 4 is 15.7 Å². The molecule has 1 aliphatic heterocycles. The molecule has 118 valence electrons. The van der Waals surface area contributed by atoms with E-state index in [-0.39, 0.29) is 10.6 Å². The van der Waals surface area contributed by atoms with Gasteiger partial charge in [-0.05, 0) is 56.6 Å². The Morgan fingerprint density at radius 2 is 2.05 bits per heavy atom. The maximum Gasteiger partial charge on any atom is 0.240 e. The van der Waals surface area contributed by atoms with Crippen molar-refractivity contribution in [3.05, 3.63) is 24.0 Å². The number of hydrogen-bond acceptors (Lipinski definition) is 4. The minimum Gasteiger partial charge on any atom is -0.396 e. The third kappa shape index (κ3) is 4.15. The molecule has 0 unspecified atom stereocenters. The fourth-order valence-electron chi connectivity index (χ4n) is 2.51.